The minimum atomic E-state index is 0.639. The molecule has 0 aliphatic rings. The van der Waals surface area contributed by atoms with Crippen molar-refractivity contribution in [3.8, 4) is 0 Å². The van der Waals surface area contributed by atoms with Crippen LogP contribution in [0.1, 0.15) is 10.6 Å². The zero-order chi connectivity index (χ0) is 10.7. The molecule has 0 aliphatic carbocycles. The molecule has 0 unspecified atom stereocenters. The Bertz CT molecular complexity index is 455. The fourth-order valence-corrected chi connectivity index (χ4v) is 2.09. The summed E-state index contributed by atoms with van der Waals surface area (Å²) in [7, 11) is 0. The van der Waals surface area contributed by atoms with Crippen LogP contribution in [-0.2, 0) is 6.54 Å². The Labute approximate surface area is 97.2 Å². The molecule has 0 saturated heterocycles. The average molecular weight is 240 g/mol. The number of aryl methyl sites for hydroxylation is 1. The van der Waals surface area contributed by atoms with Crippen molar-refractivity contribution in [2.75, 3.05) is 5.32 Å². The molecule has 15 heavy (non-hydrogen) atoms. The summed E-state index contributed by atoms with van der Waals surface area (Å²) in [6.45, 7) is 2.75. The van der Waals surface area contributed by atoms with Crippen LogP contribution in [0.25, 0.3) is 0 Å². The van der Waals surface area contributed by atoms with Gasteiger partial charge in [0.25, 0.3) is 0 Å². The molecule has 2 heterocycles. The van der Waals surface area contributed by atoms with Gasteiger partial charge in [0.2, 0.25) is 0 Å². The van der Waals surface area contributed by atoms with Crippen molar-refractivity contribution < 1.29 is 0 Å². The van der Waals surface area contributed by atoms with Crippen molar-refractivity contribution in [2.45, 2.75) is 13.5 Å². The Morgan fingerprint density at radius 2 is 2.40 bits per heavy atom. The molecule has 78 valence electrons. The van der Waals surface area contributed by atoms with E-state index < -0.39 is 0 Å². The molecule has 0 fully saturated rings. The summed E-state index contributed by atoms with van der Waals surface area (Å²) in [6, 6.07) is 1.86. The van der Waals surface area contributed by atoms with Crippen LogP contribution in [0.3, 0.4) is 0 Å². The van der Waals surface area contributed by atoms with Crippen LogP contribution < -0.4 is 5.32 Å². The number of hydrogen-bond donors (Lipinski definition) is 1. The first-order valence-electron chi connectivity index (χ1n) is 4.49. The topological polar surface area (TPSA) is 37.8 Å². The lowest BCUT2D eigenvalue weighted by molar-refractivity contribution is 1.12. The average Bonchev–Trinajstić information content (AvgIpc) is 2.63. The number of thiazole rings is 1. The molecule has 0 aromatic carbocycles. The second-order valence-electron chi connectivity index (χ2n) is 3.07. The Balaban J connectivity index is 2.06. The second kappa shape index (κ2) is 4.59. The van der Waals surface area contributed by atoms with Crippen LogP contribution in [0.4, 0.5) is 5.69 Å². The molecule has 0 radical (unpaired) electrons. The summed E-state index contributed by atoms with van der Waals surface area (Å²) in [4.78, 5) is 9.34. The standard InChI is InChI=1S/C10H10ClN3S/c1-7-10(15-6-14-7)5-13-9-2-3-12-4-8(9)11/h2-4,6H,5H2,1H3,(H,12,13). The fourth-order valence-electron chi connectivity index (χ4n) is 1.19. The molecule has 0 spiro atoms. The predicted octanol–water partition coefficient (Wildman–Crippen LogP) is 3.11. The van der Waals surface area contributed by atoms with Crippen molar-refractivity contribution in [3.63, 3.8) is 0 Å². The molecule has 5 heteroatoms. The van der Waals surface area contributed by atoms with Gasteiger partial charge in [0.15, 0.2) is 0 Å². The van der Waals surface area contributed by atoms with E-state index in [1.165, 1.54) is 4.88 Å². The first-order valence-corrected chi connectivity index (χ1v) is 5.75. The van der Waals surface area contributed by atoms with E-state index in [1.54, 1.807) is 23.7 Å². The maximum Gasteiger partial charge on any atom is 0.0820 e. The highest BCUT2D eigenvalue weighted by atomic mass is 35.5. The molecule has 2 aromatic rings. The second-order valence-corrected chi connectivity index (χ2v) is 4.42. The lowest BCUT2D eigenvalue weighted by atomic mass is 10.3. The smallest absolute Gasteiger partial charge is 0.0820 e. The van der Waals surface area contributed by atoms with E-state index in [1.807, 2.05) is 18.5 Å². The van der Waals surface area contributed by atoms with Gasteiger partial charge in [-0.25, -0.2) is 4.98 Å². The number of rotatable bonds is 3. The van der Waals surface area contributed by atoms with Crippen LogP contribution in [0, 0.1) is 6.92 Å². The Hall–Kier alpha value is -1.13. The van der Waals surface area contributed by atoms with Gasteiger partial charge in [-0.15, -0.1) is 11.3 Å². The number of anilines is 1. The minimum absolute atomic E-state index is 0.639. The van der Waals surface area contributed by atoms with E-state index in [0.29, 0.717) is 5.02 Å². The molecule has 0 aliphatic heterocycles. The summed E-state index contributed by atoms with van der Waals surface area (Å²) in [5.74, 6) is 0. The van der Waals surface area contributed by atoms with Crippen LogP contribution >= 0.6 is 22.9 Å². The fraction of sp³-hybridized carbons (Fsp3) is 0.200. The lowest BCUT2D eigenvalue weighted by Crippen LogP contribution is -1.99. The molecule has 1 N–H and O–H groups in total. The molecule has 0 atom stereocenters. The summed E-state index contributed by atoms with van der Waals surface area (Å²) < 4.78 is 0. The molecule has 0 bridgehead atoms. The summed E-state index contributed by atoms with van der Waals surface area (Å²) in [5, 5.41) is 3.89. The first kappa shape index (κ1) is 10.4. The summed E-state index contributed by atoms with van der Waals surface area (Å²) in [5.41, 5.74) is 3.82. The quantitative estimate of drug-likeness (QED) is 0.895. The molecule has 0 amide bonds. The zero-order valence-corrected chi connectivity index (χ0v) is 9.77. The van der Waals surface area contributed by atoms with E-state index in [-0.39, 0.29) is 0 Å². The number of nitrogens with zero attached hydrogens (tertiary/aromatic N) is 2. The molecular weight excluding hydrogens is 230 g/mol. The molecule has 3 nitrogen and oxygen atoms in total. The van der Waals surface area contributed by atoms with Crippen LogP contribution in [0.15, 0.2) is 24.0 Å². The highest BCUT2D eigenvalue weighted by Crippen LogP contribution is 2.21. The number of pyridine rings is 1. The van der Waals surface area contributed by atoms with Gasteiger partial charge in [-0.1, -0.05) is 11.6 Å². The van der Waals surface area contributed by atoms with Gasteiger partial charge in [0.05, 0.1) is 28.5 Å². The van der Waals surface area contributed by atoms with Crippen LogP contribution in [0.2, 0.25) is 5.02 Å². The Morgan fingerprint density at radius 1 is 1.53 bits per heavy atom. The molecular formula is C10H10ClN3S. The van der Waals surface area contributed by atoms with Gasteiger partial charge >= 0.3 is 0 Å². The van der Waals surface area contributed by atoms with Crippen LogP contribution in [0.5, 0.6) is 0 Å². The zero-order valence-electron chi connectivity index (χ0n) is 8.20. The maximum atomic E-state index is 5.97. The number of halogens is 1. The number of nitrogens with one attached hydrogen (secondary N) is 1. The maximum absolute atomic E-state index is 5.97. The SMILES string of the molecule is Cc1ncsc1CNc1ccncc1Cl. The van der Waals surface area contributed by atoms with Crippen molar-refractivity contribution >= 4 is 28.6 Å². The number of hydrogen-bond acceptors (Lipinski definition) is 4. The monoisotopic (exact) mass is 239 g/mol. The highest BCUT2D eigenvalue weighted by Gasteiger charge is 2.02. The van der Waals surface area contributed by atoms with Gasteiger partial charge in [-0.2, -0.15) is 0 Å². The molecule has 0 saturated carbocycles. The van der Waals surface area contributed by atoms with Crippen molar-refractivity contribution in [1.29, 1.82) is 0 Å². The van der Waals surface area contributed by atoms with Gasteiger partial charge in [0, 0.05) is 17.3 Å². The third-order valence-corrected chi connectivity index (χ3v) is 3.29. The van der Waals surface area contributed by atoms with E-state index in [9.17, 15) is 0 Å². The van der Waals surface area contributed by atoms with E-state index >= 15 is 0 Å². The van der Waals surface area contributed by atoms with E-state index in [0.717, 1.165) is 17.9 Å². The number of aromatic nitrogens is 2. The van der Waals surface area contributed by atoms with E-state index in [2.05, 4.69) is 15.3 Å². The third-order valence-electron chi connectivity index (χ3n) is 2.06. The minimum Gasteiger partial charge on any atom is -0.379 e. The largest absolute Gasteiger partial charge is 0.379 e. The first-order chi connectivity index (χ1) is 7.27. The highest BCUT2D eigenvalue weighted by molar-refractivity contribution is 7.09. The molecule has 2 rings (SSSR count). The lowest BCUT2D eigenvalue weighted by Gasteiger charge is -2.06. The predicted molar refractivity (Wildman–Crippen MR) is 63.4 cm³/mol. The van der Waals surface area contributed by atoms with Crippen LogP contribution in [-0.4, -0.2) is 9.97 Å². The van der Waals surface area contributed by atoms with Gasteiger partial charge < -0.3 is 5.32 Å². The van der Waals surface area contributed by atoms with Gasteiger partial charge in [0.1, 0.15) is 0 Å². The Morgan fingerprint density at radius 3 is 3.07 bits per heavy atom. The van der Waals surface area contributed by atoms with Gasteiger partial charge in [-0.05, 0) is 13.0 Å². The Kier molecular flexibility index (Phi) is 3.18. The normalized spacial score (nSPS) is 10.3. The molecule has 2 aromatic heterocycles. The van der Waals surface area contributed by atoms with E-state index in [4.69, 9.17) is 11.6 Å². The van der Waals surface area contributed by atoms with Crippen molar-refractivity contribution in [3.05, 3.63) is 39.6 Å². The van der Waals surface area contributed by atoms with Gasteiger partial charge in [-0.3, -0.25) is 4.98 Å². The summed E-state index contributed by atoms with van der Waals surface area (Å²) >= 11 is 7.61. The van der Waals surface area contributed by atoms with Crippen molar-refractivity contribution in [2.24, 2.45) is 0 Å². The summed E-state index contributed by atoms with van der Waals surface area (Å²) in [6.07, 6.45) is 3.34. The third kappa shape index (κ3) is 2.46. The van der Waals surface area contributed by atoms with Crippen molar-refractivity contribution in [1.82, 2.24) is 9.97 Å².